The molecule has 0 unspecified atom stereocenters. The third-order valence-electron chi connectivity index (χ3n) is 1.05. The first-order valence-electron chi connectivity index (χ1n) is 4.19. The van der Waals surface area contributed by atoms with Crippen LogP contribution in [0.1, 0.15) is 14.9 Å². The molecule has 6 N–H and O–H groups in total. The maximum absolute atomic E-state index is 7.56. The molecule has 0 saturated heterocycles. The number of thioether (sulfide) groups is 1. The summed E-state index contributed by atoms with van der Waals surface area (Å²) in [5, 5.41) is 0.799. The van der Waals surface area contributed by atoms with Gasteiger partial charge < -0.3 is 29.4 Å². The summed E-state index contributed by atoms with van der Waals surface area (Å²) in [5.74, 6) is 0. The van der Waals surface area contributed by atoms with Crippen LogP contribution in [0.4, 0.5) is 0 Å². The molecule has 1 aromatic carbocycles. The Hall–Kier alpha value is 0.920. The number of halogens is 1. The fourth-order valence-electron chi connectivity index (χ4n) is 0.571. The maximum Gasteiger partial charge on any atom is 0.319 e. The smallest absolute Gasteiger partial charge is 0.319 e. The Morgan fingerprint density at radius 1 is 0.857 bits per heavy atom. The second-order valence-corrected chi connectivity index (χ2v) is 8.99. The largest absolute Gasteiger partial charge is 0.325 e. The maximum atomic E-state index is 7.56. The van der Waals surface area contributed by atoms with Gasteiger partial charge in [0.25, 0.3) is 0 Å². The molecular weight excluding hydrogens is 398 g/mol. The molecule has 0 heterocycles. The van der Waals surface area contributed by atoms with E-state index in [9.17, 15) is 0 Å². The lowest BCUT2D eigenvalue weighted by molar-refractivity contribution is 0.361. The van der Waals surface area contributed by atoms with Crippen molar-refractivity contribution in [3.05, 3.63) is 29.3 Å². The summed E-state index contributed by atoms with van der Waals surface area (Å²) < 4.78 is 0. The molecule has 0 aliphatic heterocycles. The van der Waals surface area contributed by atoms with Gasteiger partial charge in [-0.05, 0) is 54.1 Å². The minimum Gasteiger partial charge on any atom is -0.325 e. The lowest BCUT2D eigenvalue weighted by atomic mass is 10.4. The van der Waals surface area contributed by atoms with Crippen molar-refractivity contribution in [1.82, 2.24) is 0 Å². The molecule has 0 bridgehead atoms. The van der Waals surface area contributed by atoms with Crippen LogP contribution >= 0.6 is 36.8 Å². The van der Waals surface area contributed by atoms with Crippen LogP contribution in [-0.4, -0.2) is 35.6 Å². The Labute approximate surface area is 145 Å². The molecule has 0 aliphatic rings. The first-order valence-corrected chi connectivity index (χ1v) is 11.1. The zero-order valence-corrected chi connectivity index (χ0v) is 14.5. The van der Waals surface area contributed by atoms with Crippen molar-refractivity contribution in [2.45, 2.75) is 19.7 Å². The molecule has 0 radical (unpaired) electrons. The molecule has 0 atom stereocenters. The van der Waals surface area contributed by atoms with Crippen molar-refractivity contribution in [3.63, 3.8) is 0 Å². The van der Waals surface area contributed by atoms with Gasteiger partial charge in [-0.1, -0.05) is 26.5 Å². The number of benzene rings is 1. The van der Waals surface area contributed by atoms with E-state index in [1.54, 1.807) is 11.8 Å². The second-order valence-electron chi connectivity index (χ2n) is 2.68. The van der Waals surface area contributed by atoms with E-state index in [-0.39, 0.29) is 14.9 Å². The van der Waals surface area contributed by atoms with E-state index in [4.69, 9.17) is 41.0 Å². The van der Waals surface area contributed by atoms with E-state index in [2.05, 4.69) is 23.6 Å². The van der Waals surface area contributed by atoms with Crippen LogP contribution in [0.15, 0.2) is 29.2 Å². The molecule has 1 aromatic rings. The zero-order valence-electron chi connectivity index (χ0n) is 9.49. The van der Waals surface area contributed by atoms with Gasteiger partial charge in [-0.15, -0.1) is 11.8 Å². The molecule has 0 saturated carbocycles. The predicted octanol–water partition coefficient (Wildman–Crippen LogP) is 2.71. The van der Waals surface area contributed by atoms with E-state index >= 15 is 0 Å². The summed E-state index contributed by atoms with van der Waals surface area (Å²) in [7, 11) is 0. The van der Waals surface area contributed by atoms with Gasteiger partial charge in [-0.2, -0.15) is 0 Å². The zero-order chi connectivity index (χ0) is 15.7. The van der Waals surface area contributed by atoms with Crippen LogP contribution in [0.2, 0.25) is 5.02 Å². The Bertz CT molecular complexity index is 411. The molecule has 0 amide bonds. The van der Waals surface area contributed by atoms with Gasteiger partial charge in [0, 0.05) is 9.92 Å². The van der Waals surface area contributed by atoms with Crippen LogP contribution in [0, 0.1) is 0 Å². The average Bonchev–Trinajstić information content (AvgIpc) is 2.13. The van der Waals surface area contributed by atoms with Gasteiger partial charge >= 0.3 is 13.4 Å². The average molecular weight is 419 g/mol. The molecule has 6 nitrogen and oxygen atoms in total. The summed E-state index contributed by atoms with van der Waals surface area (Å²) in [6, 6.07) is 7.81. The quantitative estimate of drug-likeness (QED) is 0.302. The molecule has 0 fully saturated rings. The molecular formula is C9H21ClO6P2S3. The van der Waals surface area contributed by atoms with Crippen molar-refractivity contribution < 1.29 is 29.4 Å². The van der Waals surface area contributed by atoms with Crippen molar-refractivity contribution in [3.8, 4) is 0 Å². The highest BCUT2D eigenvalue weighted by atomic mass is 35.5. The molecule has 21 heavy (non-hydrogen) atoms. The third-order valence-corrected chi connectivity index (χ3v) is 2.04. The Kier molecular flexibility index (Phi) is 20.6. The van der Waals surface area contributed by atoms with E-state index in [1.807, 2.05) is 30.5 Å². The van der Waals surface area contributed by atoms with Crippen LogP contribution in [0.3, 0.4) is 0 Å². The molecule has 1 rings (SSSR count). The second kappa shape index (κ2) is 14.5. The monoisotopic (exact) mass is 418 g/mol. The third kappa shape index (κ3) is 44.9. The number of rotatable bonds is 1. The van der Waals surface area contributed by atoms with Gasteiger partial charge in [0.2, 0.25) is 0 Å². The highest BCUT2D eigenvalue weighted by molar-refractivity contribution is 8.06. The van der Waals surface area contributed by atoms with E-state index in [0.29, 0.717) is 0 Å². The summed E-state index contributed by atoms with van der Waals surface area (Å²) >= 11 is 14.6. The minimum atomic E-state index is -3.81. The highest BCUT2D eigenvalue weighted by Gasteiger charge is 1.92. The number of hydrogen-bond acceptors (Lipinski definition) is 3. The van der Waals surface area contributed by atoms with Crippen LogP contribution in [0.5, 0.6) is 0 Å². The first-order chi connectivity index (χ1) is 8.33. The van der Waals surface area contributed by atoms with Gasteiger partial charge in [-0.25, -0.2) is 0 Å². The Morgan fingerprint density at radius 2 is 1.10 bits per heavy atom. The van der Waals surface area contributed by atoms with Crippen molar-refractivity contribution in [1.29, 1.82) is 0 Å². The Morgan fingerprint density at radius 3 is 1.29 bits per heavy atom. The minimum absolute atomic E-state index is 0. The molecule has 0 aliphatic carbocycles. The number of hydrogen-bond donors (Lipinski definition) is 6. The first kappa shape index (κ1) is 29.9. The van der Waals surface area contributed by atoms with E-state index < -0.39 is 13.4 Å². The lowest BCUT2D eigenvalue weighted by Gasteiger charge is -1.92. The predicted molar refractivity (Wildman–Crippen MR) is 98.6 cm³/mol. The van der Waals surface area contributed by atoms with Gasteiger partial charge in [0.1, 0.15) is 0 Å². The lowest BCUT2D eigenvalue weighted by Crippen LogP contribution is -1.66. The van der Waals surface area contributed by atoms with Crippen LogP contribution in [0.25, 0.3) is 0 Å². The van der Waals surface area contributed by atoms with Crippen molar-refractivity contribution >= 4 is 60.4 Å². The highest BCUT2D eigenvalue weighted by Crippen LogP contribution is 2.27. The summed E-state index contributed by atoms with van der Waals surface area (Å²) in [4.78, 5) is 46.6. The van der Waals surface area contributed by atoms with Gasteiger partial charge in [0.05, 0.1) is 0 Å². The van der Waals surface area contributed by atoms with Crippen molar-refractivity contribution in [2.75, 3.05) is 6.26 Å². The summed E-state index contributed by atoms with van der Waals surface area (Å²) in [6.45, 7) is -7.61. The molecule has 0 aromatic heterocycles. The fraction of sp³-hybridized carbons (Fsp3) is 0.333. The van der Waals surface area contributed by atoms with E-state index in [0.717, 1.165) is 5.02 Å². The fourth-order valence-corrected chi connectivity index (χ4v) is 1.10. The molecule has 12 heteroatoms. The molecule has 128 valence electrons. The summed E-state index contributed by atoms with van der Waals surface area (Å²) in [6.07, 6.45) is 2.04. The SMILES string of the molecule is C.C.CSc1ccc(Cl)cc1.OP(O)(O)=S.OP(O)(O)=S. The van der Waals surface area contributed by atoms with Crippen LogP contribution < -0.4 is 0 Å². The van der Waals surface area contributed by atoms with E-state index in [1.165, 1.54) is 4.90 Å². The standard InChI is InChI=1S/C7H7ClS.2CH4.2H3O3PS/c1-9-7-4-2-6(8)3-5-7;;;2*1-4(2,3)5/h2-5H,1H3;2*1H4;2*(H3,1,2,3,5). The van der Waals surface area contributed by atoms with Crippen molar-refractivity contribution in [2.24, 2.45) is 0 Å². The Balaban J connectivity index is -0.000000106. The van der Waals surface area contributed by atoms with Gasteiger partial charge in [-0.3, -0.25) is 0 Å². The summed E-state index contributed by atoms with van der Waals surface area (Å²) in [5.41, 5.74) is 0. The van der Waals surface area contributed by atoms with Crippen LogP contribution in [-0.2, 0) is 23.6 Å². The topological polar surface area (TPSA) is 121 Å². The molecule has 0 spiro atoms. The van der Waals surface area contributed by atoms with Gasteiger partial charge in [0.15, 0.2) is 0 Å². The normalized spacial score (nSPS) is 9.71.